The summed E-state index contributed by atoms with van der Waals surface area (Å²) in [6, 6.07) is 26.9. The van der Waals surface area contributed by atoms with Gasteiger partial charge in [0.1, 0.15) is 11.5 Å². The zero-order valence-corrected chi connectivity index (χ0v) is 17.8. The Kier molecular flexibility index (Phi) is 8.16. The van der Waals surface area contributed by atoms with Gasteiger partial charge in [-0.1, -0.05) is 42.5 Å². The Bertz CT molecular complexity index is 880. The van der Waals surface area contributed by atoms with Gasteiger partial charge in [0.2, 0.25) is 0 Å². The van der Waals surface area contributed by atoms with Gasteiger partial charge >= 0.3 is 0 Å². The van der Waals surface area contributed by atoms with E-state index in [1.807, 2.05) is 42.5 Å². The molecule has 0 saturated heterocycles. The van der Waals surface area contributed by atoms with Crippen LogP contribution in [0, 0.1) is 5.92 Å². The second-order valence-electron chi connectivity index (χ2n) is 7.44. The second kappa shape index (κ2) is 11.3. The van der Waals surface area contributed by atoms with Gasteiger partial charge in [-0.25, -0.2) is 0 Å². The van der Waals surface area contributed by atoms with Gasteiger partial charge in [0, 0.05) is 12.3 Å². The van der Waals surface area contributed by atoms with Crippen LogP contribution < -0.4 is 14.8 Å². The summed E-state index contributed by atoms with van der Waals surface area (Å²) in [4.78, 5) is 0. The molecule has 4 heteroatoms. The summed E-state index contributed by atoms with van der Waals surface area (Å²) in [7, 11) is 3.38. The van der Waals surface area contributed by atoms with Crippen LogP contribution in [0.15, 0.2) is 78.9 Å². The lowest BCUT2D eigenvalue weighted by molar-refractivity contribution is 0.264. The fourth-order valence-corrected chi connectivity index (χ4v) is 3.84. The van der Waals surface area contributed by atoms with Gasteiger partial charge in [-0.3, -0.25) is 0 Å². The largest absolute Gasteiger partial charge is 0.497 e. The molecular formula is C26H31NO3. The van der Waals surface area contributed by atoms with Crippen molar-refractivity contribution in [3.63, 3.8) is 0 Å². The topological polar surface area (TPSA) is 50.7 Å². The van der Waals surface area contributed by atoms with Crippen LogP contribution in [0.3, 0.4) is 0 Å². The number of rotatable bonds is 11. The summed E-state index contributed by atoms with van der Waals surface area (Å²) in [5.41, 5.74) is 3.51. The molecule has 0 saturated carbocycles. The van der Waals surface area contributed by atoms with Crippen LogP contribution in [-0.2, 0) is 6.42 Å². The summed E-state index contributed by atoms with van der Waals surface area (Å²) in [5, 5.41) is 13.3. The molecule has 2 atom stereocenters. The first-order valence-corrected chi connectivity index (χ1v) is 10.4. The fourth-order valence-electron chi connectivity index (χ4n) is 3.84. The summed E-state index contributed by atoms with van der Waals surface area (Å²) >= 11 is 0. The minimum atomic E-state index is 0.0936. The molecule has 3 rings (SSSR count). The fraction of sp³-hybridized carbons (Fsp3) is 0.308. The first-order chi connectivity index (χ1) is 14.7. The molecule has 0 radical (unpaired) electrons. The van der Waals surface area contributed by atoms with Gasteiger partial charge in [-0.05, 0) is 72.7 Å². The molecule has 0 aliphatic heterocycles. The molecule has 2 N–H and O–H groups in total. The molecule has 0 amide bonds. The predicted molar refractivity (Wildman–Crippen MR) is 122 cm³/mol. The minimum Gasteiger partial charge on any atom is -0.497 e. The van der Waals surface area contributed by atoms with Gasteiger partial charge in [-0.15, -0.1) is 0 Å². The summed E-state index contributed by atoms with van der Waals surface area (Å²) in [5.74, 6) is 2.00. The minimum absolute atomic E-state index is 0.0936. The standard InChI is InChI=1S/C26H31NO3/c1-29-24-15-13-21(14-16-24)26(27-23-10-4-3-5-11-23)22(9-7-17-28)18-20-8-6-12-25(19-20)30-2/h3-6,8,10-16,19,22,26-28H,7,9,17-18H2,1-2H3. The van der Waals surface area contributed by atoms with Crippen molar-refractivity contribution in [2.45, 2.75) is 25.3 Å². The van der Waals surface area contributed by atoms with Crippen molar-refractivity contribution in [1.29, 1.82) is 0 Å². The first-order valence-electron chi connectivity index (χ1n) is 10.4. The van der Waals surface area contributed by atoms with E-state index in [1.54, 1.807) is 14.2 Å². The van der Waals surface area contributed by atoms with Crippen LogP contribution in [0.25, 0.3) is 0 Å². The number of methoxy groups -OCH3 is 2. The Balaban J connectivity index is 1.93. The number of anilines is 1. The van der Waals surface area contributed by atoms with Crippen molar-refractivity contribution >= 4 is 5.69 Å². The summed E-state index contributed by atoms with van der Waals surface area (Å²) in [6.07, 6.45) is 2.55. The smallest absolute Gasteiger partial charge is 0.119 e. The lowest BCUT2D eigenvalue weighted by Gasteiger charge is -2.30. The van der Waals surface area contributed by atoms with Crippen LogP contribution in [0.4, 0.5) is 5.69 Å². The summed E-state index contributed by atoms with van der Waals surface area (Å²) < 4.78 is 10.8. The molecule has 0 fully saturated rings. The van der Waals surface area contributed by atoms with E-state index in [1.165, 1.54) is 11.1 Å². The highest BCUT2D eigenvalue weighted by Gasteiger charge is 2.24. The van der Waals surface area contributed by atoms with Crippen molar-refractivity contribution in [2.24, 2.45) is 5.92 Å². The molecule has 0 aliphatic carbocycles. The Morgan fingerprint density at radius 2 is 1.57 bits per heavy atom. The zero-order valence-electron chi connectivity index (χ0n) is 17.8. The Morgan fingerprint density at radius 3 is 2.23 bits per heavy atom. The number of hydrogen-bond donors (Lipinski definition) is 2. The third-order valence-corrected chi connectivity index (χ3v) is 5.41. The number of ether oxygens (including phenoxy) is 2. The van der Waals surface area contributed by atoms with Gasteiger partial charge in [-0.2, -0.15) is 0 Å². The first kappa shape index (κ1) is 21.7. The molecule has 4 nitrogen and oxygen atoms in total. The van der Waals surface area contributed by atoms with Crippen molar-refractivity contribution in [3.8, 4) is 11.5 Å². The molecule has 0 heterocycles. The average Bonchev–Trinajstić information content (AvgIpc) is 2.81. The number of benzene rings is 3. The number of hydrogen-bond acceptors (Lipinski definition) is 4. The van der Waals surface area contributed by atoms with E-state index in [9.17, 15) is 5.11 Å². The van der Waals surface area contributed by atoms with E-state index in [-0.39, 0.29) is 18.6 Å². The molecule has 3 aromatic carbocycles. The third kappa shape index (κ3) is 6.01. The maximum absolute atomic E-state index is 9.52. The monoisotopic (exact) mass is 405 g/mol. The zero-order chi connectivity index (χ0) is 21.2. The third-order valence-electron chi connectivity index (χ3n) is 5.41. The highest BCUT2D eigenvalue weighted by atomic mass is 16.5. The van der Waals surface area contributed by atoms with Crippen molar-refractivity contribution in [1.82, 2.24) is 0 Å². The average molecular weight is 406 g/mol. The van der Waals surface area contributed by atoms with Gasteiger partial charge in [0.25, 0.3) is 0 Å². The van der Waals surface area contributed by atoms with Crippen LogP contribution >= 0.6 is 0 Å². The van der Waals surface area contributed by atoms with E-state index in [0.717, 1.165) is 36.4 Å². The number of para-hydroxylation sites is 1. The van der Waals surface area contributed by atoms with Crippen molar-refractivity contribution in [2.75, 3.05) is 26.1 Å². The van der Waals surface area contributed by atoms with Crippen molar-refractivity contribution in [3.05, 3.63) is 90.0 Å². The molecule has 2 unspecified atom stereocenters. The van der Waals surface area contributed by atoms with Crippen molar-refractivity contribution < 1.29 is 14.6 Å². The molecule has 3 aromatic rings. The van der Waals surface area contributed by atoms with E-state index < -0.39 is 0 Å². The van der Waals surface area contributed by atoms with Crippen LogP contribution in [0.1, 0.15) is 30.0 Å². The molecule has 0 aromatic heterocycles. The lowest BCUT2D eigenvalue weighted by atomic mass is 9.84. The Hall–Kier alpha value is -2.98. The highest BCUT2D eigenvalue weighted by Crippen LogP contribution is 2.34. The molecule has 30 heavy (non-hydrogen) atoms. The second-order valence-corrected chi connectivity index (χ2v) is 7.44. The van der Waals surface area contributed by atoms with Crippen LogP contribution in [-0.4, -0.2) is 25.9 Å². The molecule has 0 bridgehead atoms. The van der Waals surface area contributed by atoms with Gasteiger partial charge in [0.15, 0.2) is 0 Å². The van der Waals surface area contributed by atoms with Gasteiger partial charge < -0.3 is 19.9 Å². The van der Waals surface area contributed by atoms with Crippen LogP contribution in [0.5, 0.6) is 11.5 Å². The summed E-state index contributed by atoms with van der Waals surface area (Å²) in [6.45, 7) is 0.190. The quantitative estimate of drug-likeness (QED) is 0.443. The molecule has 158 valence electrons. The number of aliphatic hydroxyl groups is 1. The maximum Gasteiger partial charge on any atom is 0.119 e. The van der Waals surface area contributed by atoms with E-state index >= 15 is 0 Å². The van der Waals surface area contributed by atoms with E-state index in [2.05, 4.69) is 41.7 Å². The normalized spacial score (nSPS) is 12.8. The van der Waals surface area contributed by atoms with Crippen LogP contribution in [0.2, 0.25) is 0 Å². The Morgan fingerprint density at radius 1 is 0.833 bits per heavy atom. The van der Waals surface area contributed by atoms with Gasteiger partial charge in [0.05, 0.1) is 20.3 Å². The molecule has 0 aliphatic rings. The Labute approximate surface area is 179 Å². The number of nitrogens with one attached hydrogen (secondary N) is 1. The van der Waals surface area contributed by atoms with E-state index in [4.69, 9.17) is 9.47 Å². The highest BCUT2D eigenvalue weighted by molar-refractivity contribution is 5.46. The number of aliphatic hydroxyl groups excluding tert-OH is 1. The lowest BCUT2D eigenvalue weighted by Crippen LogP contribution is -2.23. The molecular weight excluding hydrogens is 374 g/mol. The molecule has 0 spiro atoms. The van der Waals surface area contributed by atoms with E-state index in [0.29, 0.717) is 0 Å². The maximum atomic E-state index is 9.52. The predicted octanol–water partition coefficient (Wildman–Crippen LogP) is 5.49. The SMILES string of the molecule is COc1ccc(C(Nc2ccccc2)C(CCCO)Cc2cccc(OC)c2)cc1.